The Morgan fingerprint density at radius 2 is 2.06 bits per heavy atom. The number of non-ortho nitro benzene ring substituents is 1. The van der Waals surface area contributed by atoms with E-state index in [4.69, 9.17) is 9.47 Å². The highest BCUT2D eigenvalue weighted by molar-refractivity contribution is 5.91. The highest BCUT2D eigenvalue weighted by Gasteiger charge is 2.13. The largest absolute Gasteiger partial charge is 0.454 e. The molecule has 2 aromatic carbocycles. The molecule has 1 aliphatic rings. The van der Waals surface area contributed by atoms with E-state index < -0.39 is 4.92 Å². The van der Waals surface area contributed by atoms with Crippen molar-refractivity contribution in [2.75, 3.05) is 13.3 Å². The molecule has 5 rings (SSSR count). The summed E-state index contributed by atoms with van der Waals surface area (Å²) in [5.41, 5.74) is 1.44. The summed E-state index contributed by atoms with van der Waals surface area (Å²) in [7, 11) is 0. The van der Waals surface area contributed by atoms with Crippen LogP contribution in [0.1, 0.15) is 11.1 Å². The summed E-state index contributed by atoms with van der Waals surface area (Å²) in [6, 6.07) is 11.5. The fraction of sp³-hybridized carbons (Fsp3) is 0.167. The fourth-order valence-electron chi connectivity index (χ4n) is 3.77. The predicted molar refractivity (Wildman–Crippen MR) is 129 cm³/mol. The van der Waals surface area contributed by atoms with E-state index in [1.165, 1.54) is 40.0 Å². The standard InChI is InChI=1S/C24H20N6O6/c31-22(7-5-16-4-6-20-21(11-16)36-15-35-20)25-8-9-29-23-19(12-27-29)24(32)28(14-26-23)13-17-2-1-3-18(10-17)30(33)34/h1-7,10-12,14H,8-9,13,15H2,(H,25,31). The van der Waals surface area contributed by atoms with Gasteiger partial charge in [-0.2, -0.15) is 5.10 Å². The number of carbonyl (C=O) groups excluding carboxylic acids is 1. The number of nitrogens with one attached hydrogen (secondary N) is 1. The monoisotopic (exact) mass is 488 g/mol. The van der Waals surface area contributed by atoms with E-state index >= 15 is 0 Å². The van der Waals surface area contributed by atoms with Gasteiger partial charge in [-0.3, -0.25) is 24.3 Å². The van der Waals surface area contributed by atoms with Crippen molar-refractivity contribution in [2.45, 2.75) is 13.1 Å². The average molecular weight is 488 g/mol. The van der Waals surface area contributed by atoms with E-state index in [0.29, 0.717) is 34.6 Å². The van der Waals surface area contributed by atoms with Crippen molar-refractivity contribution in [3.05, 3.63) is 92.7 Å². The zero-order valence-electron chi connectivity index (χ0n) is 18.9. The first-order valence-electron chi connectivity index (χ1n) is 11.0. The summed E-state index contributed by atoms with van der Waals surface area (Å²) < 4.78 is 13.5. The van der Waals surface area contributed by atoms with Gasteiger partial charge in [0.05, 0.1) is 24.2 Å². The Morgan fingerprint density at radius 1 is 1.19 bits per heavy atom. The van der Waals surface area contributed by atoms with Crippen LogP contribution in [0.25, 0.3) is 17.1 Å². The summed E-state index contributed by atoms with van der Waals surface area (Å²) in [6.45, 7) is 0.917. The SMILES string of the molecule is O=C(C=Cc1ccc2c(c1)OCO2)NCCn1ncc2c(=O)n(Cc3cccc([N+](=O)[O-])c3)cnc21. The summed E-state index contributed by atoms with van der Waals surface area (Å²) in [5, 5.41) is 18.3. The van der Waals surface area contributed by atoms with Crippen LogP contribution in [0.5, 0.6) is 11.5 Å². The molecule has 0 fully saturated rings. The summed E-state index contributed by atoms with van der Waals surface area (Å²) in [5.74, 6) is 1.03. The molecule has 2 aromatic heterocycles. The highest BCUT2D eigenvalue weighted by Crippen LogP contribution is 2.32. The van der Waals surface area contributed by atoms with Crippen LogP contribution >= 0.6 is 0 Å². The Labute approximate surface area is 203 Å². The molecule has 0 radical (unpaired) electrons. The van der Waals surface area contributed by atoms with Gasteiger partial charge in [-0.25, -0.2) is 9.67 Å². The quantitative estimate of drug-likeness (QED) is 0.226. The van der Waals surface area contributed by atoms with Gasteiger partial charge in [-0.05, 0) is 29.3 Å². The van der Waals surface area contributed by atoms with Crippen LogP contribution in [0, 0.1) is 10.1 Å². The first-order chi connectivity index (χ1) is 17.5. The minimum Gasteiger partial charge on any atom is -0.454 e. The number of nitro groups is 1. The molecule has 0 aliphatic carbocycles. The van der Waals surface area contributed by atoms with E-state index in [1.54, 1.807) is 30.3 Å². The van der Waals surface area contributed by atoms with Gasteiger partial charge in [0.1, 0.15) is 11.7 Å². The minimum absolute atomic E-state index is 0.0461. The van der Waals surface area contributed by atoms with Crippen molar-refractivity contribution in [2.24, 2.45) is 0 Å². The third-order valence-electron chi connectivity index (χ3n) is 5.54. The second kappa shape index (κ2) is 9.70. The van der Waals surface area contributed by atoms with E-state index in [1.807, 2.05) is 6.07 Å². The molecule has 12 nitrogen and oxygen atoms in total. The molecular weight excluding hydrogens is 468 g/mol. The Bertz CT molecular complexity index is 1560. The number of fused-ring (bicyclic) bond motifs is 2. The van der Waals surface area contributed by atoms with Gasteiger partial charge < -0.3 is 14.8 Å². The van der Waals surface area contributed by atoms with E-state index in [0.717, 1.165) is 5.56 Å². The molecule has 0 saturated heterocycles. The minimum atomic E-state index is -0.482. The smallest absolute Gasteiger partial charge is 0.269 e. The third kappa shape index (κ3) is 4.78. The number of benzene rings is 2. The number of amides is 1. The second-order valence-corrected chi connectivity index (χ2v) is 7.95. The maximum Gasteiger partial charge on any atom is 0.269 e. The second-order valence-electron chi connectivity index (χ2n) is 7.95. The molecule has 36 heavy (non-hydrogen) atoms. The topological polar surface area (TPSA) is 143 Å². The normalized spacial score (nSPS) is 12.3. The molecule has 0 spiro atoms. The number of nitrogens with zero attached hydrogens (tertiary/aromatic N) is 5. The Hall–Kier alpha value is -5.00. The maximum atomic E-state index is 12.9. The molecule has 182 valence electrons. The van der Waals surface area contributed by atoms with Gasteiger partial charge in [0.2, 0.25) is 12.7 Å². The first-order valence-corrected chi connectivity index (χ1v) is 11.0. The molecule has 0 atom stereocenters. The number of hydrogen-bond donors (Lipinski definition) is 1. The van der Waals surface area contributed by atoms with Crippen LogP contribution in [0.3, 0.4) is 0 Å². The molecule has 1 aliphatic heterocycles. The van der Waals surface area contributed by atoms with Crippen molar-refractivity contribution < 1.29 is 19.2 Å². The van der Waals surface area contributed by atoms with Gasteiger partial charge >= 0.3 is 0 Å². The lowest BCUT2D eigenvalue weighted by atomic mass is 10.2. The molecule has 0 saturated carbocycles. The highest BCUT2D eigenvalue weighted by atomic mass is 16.7. The van der Waals surface area contributed by atoms with Crippen molar-refractivity contribution >= 4 is 28.7 Å². The molecule has 4 aromatic rings. The Kier molecular flexibility index (Phi) is 6.14. The third-order valence-corrected chi connectivity index (χ3v) is 5.54. The lowest BCUT2D eigenvalue weighted by molar-refractivity contribution is -0.384. The molecular formula is C24H20N6O6. The molecule has 12 heteroatoms. The lowest BCUT2D eigenvalue weighted by Crippen LogP contribution is -2.26. The molecule has 1 N–H and O–H groups in total. The zero-order chi connectivity index (χ0) is 25.1. The van der Waals surface area contributed by atoms with Crippen LogP contribution in [0.15, 0.2) is 65.9 Å². The molecule has 0 unspecified atom stereocenters. The van der Waals surface area contributed by atoms with Gasteiger partial charge in [0.15, 0.2) is 17.1 Å². The summed E-state index contributed by atoms with van der Waals surface area (Å²) in [4.78, 5) is 39.9. The number of aromatic nitrogens is 4. The van der Waals surface area contributed by atoms with Crippen LogP contribution in [0.2, 0.25) is 0 Å². The van der Waals surface area contributed by atoms with Crippen LogP contribution in [0.4, 0.5) is 5.69 Å². The number of rotatable bonds is 8. The van der Waals surface area contributed by atoms with Crippen molar-refractivity contribution in [3.63, 3.8) is 0 Å². The van der Waals surface area contributed by atoms with E-state index in [2.05, 4.69) is 15.4 Å². The van der Waals surface area contributed by atoms with Gasteiger partial charge in [0, 0.05) is 24.8 Å². The van der Waals surface area contributed by atoms with E-state index in [9.17, 15) is 19.7 Å². The van der Waals surface area contributed by atoms with Crippen LogP contribution in [-0.2, 0) is 17.9 Å². The fourth-order valence-corrected chi connectivity index (χ4v) is 3.77. The van der Waals surface area contributed by atoms with Crippen molar-refractivity contribution in [1.82, 2.24) is 24.6 Å². The number of nitro benzene ring substituents is 1. The average Bonchev–Trinajstić information content (AvgIpc) is 3.52. The van der Waals surface area contributed by atoms with Gasteiger partial charge in [-0.15, -0.1) is 0 Å². The Morgan fingerprint density at radius 3 is 2.92 bits per heavy atom. The van der Waals surface area contributed by atoms with Gasteiger partial charge in [-0.1, -0.05) is 18.2 Å². The zero-order valence-corrected chi connectivity index (χ0v) is 18.9. The maximum absolute atomic E-state index is 12.9. The van der Waals surface area contributed by atoms with Crippen LogP contribution < -0.4 is 20.3 Å². The molecule has 1 amide bonds. The number of carbonyl (C=O) groups is 1. The summed E-state index contributed by atoms with van der Waals surface area (Å²) in [6.07, 6.45) is 5.90. The molecule has 0 bridgehead atoms. The van der Waals surface area contributed by atoms with E-state index in [-0.39, 0.29) is 37.0 Å². The number of ether oxygens (including phenoxy) is 2. The predicted octanol–water partition coefficient (Wildman–Crippen LogP) is 2.11. The van der Waals surface area contributed by atoms with Gasteiger partial charge in [0.25, 0.3) is 11.2 Å². The molecule has 3 heterocycles. The van der Waals surface area contributed by atoms with Crippen molar-refractivity contribution in [3.8, 4) is 11.5 Å². The van der Waals surface area contributed by atoms with Crippen LogP contribution in [-0.4, -0.2) is 43.5 Å². The summed E-state index contributed by atoms with van der Waals surface area (Å²) >= 11 is 0. The lowest BCUT2D eigenvalue weighted by Gasteiger charge is -2.07. The van der Waals surface area contributed by atoms with Crippen molar-refractivity contribution in [1.29, 1.82) is 0 Å². The Balaban J connectivity index is 1.21. The number of hydrogen-bond acceptors (Lipinski definition) is 8. The first kappa shape index (κ1) is 22.8.